The van der Waals surface area contributed by atoms with Gasteiger partial charge in [0.25, 0.3) is 5.91 Å². The van der Waals surface area contributed by atoms with Crippen LogP contribution in [0.2, 0.25) is 0 Å². The summed E-state index contributed by atoms with van der Waals surface area (Å²) in [6, 6.07) is 9.36. The number of hydrogen-bond donors (Lipinski definition) is 1. The molecule has 2 heterocycles. The Bertz CT molecular complexity index is 1240. The molecule has 1 amide bonds. The Morgan fingerprint density at radius 3 is 2.75 bits per heavy atom. The molecule has 0 saturated heterocycles. The van der Waals surface area contributed by atoms with Crippen molar-refractivity contribution in [3.8, 4) is 5.75 Å². The molecule has 1 aliphatic heterocycles. The van der Waals surface area contributed by atoms with Gasteiger partial charge in [0, 0.05) is 23.6 Å². The molecule has 0 spiro atoms. The Balaban J connectivity index is 1.43. The van der Waals surface area contributed by atoms with Crippen LogP contribution in [-0.2, 0) is 24.4 Å². The molecule has 9 heteroatoms. The Hall–Kier alpha value is -3.33. The molecule has 6 nitrogen and oxygen atoms in total. The van der Waals surface area contributed by atoms with Gasteiger partial charge in [0.05, 0.1) is 24.8 Å². The molecule has 2 aromatic carbocycles. The lowest BCUT2D eigenvalue weighted by molar-refractivity contribution is -0.274. The Morgan fingerprint density at radius 1 is 1.19 bits per heavy atom. The molecular weight excluding hydrogens is 423 g/mol. The predicted octanol–water partition coefficient (Wildman–Crippen LogP) is 4.51. The van der Waals surface area contributed by atoms with E-state index >= 15 is 0 Å². The van der Waals surface area contributed by atoms with E-state index in [1.165, 1.54) is 12.1 Å². The fourth-order valence-corrected chi connectivity index (χ4v) is 4.62. The zero-order valence-electron chi connectivity index (χ0n) is 17.2. The van der Waals surface area contributed by atoms with Gasteiger partial charge in [-0.15, -0.1) is 13.2 Å². The molecule has 2 aliphatic rings. The highest BCUT2D eigenvalue weighted by Crippen LogP contribution is 2.39. The van der Waals surface area contributed by atoms with Crippen LogP contribution in [0.4, 0.5) is 19.0 Å². The van der Waals surface area contributed by atoms with Gasteiger partial charge in [0.2, 0.25) is 0 Å². The number of alkyl halides is 3. The first-order chi connectivity index (χ1) is 15.2. The second-order valence-electron chi connectivity index (χ2n) is 8.06. The zero-order valence-corrected chi connectivity index (χ0v) is 17.2. The summed E-state index contributed by atoms with van der Waals surface area (Å²) in [4.78, 5) is 19.3. The number of fused-ring (bicyclic) bond motifs is 4. The molecule has 166 valence electrons. The second-order valence-corrected chi connectivity index (χ2v) is 8.06. The van der Waals surface area contributed by atoms with E-state index in [4.69, 9.17) is 10.5 Å². The van der Waals surface area contributed by atoms with E-state index in [9.17, 15) is 18.0 Å². The highest BCUT2D eigenvalue weighted by molar-refractivity contribution is 5.99. The lowest BCUT2D eigenvalue weighted by Crippen LogP contribution is -2.30. The first kappa shape index (κ1) is 20.6. The van der Waals surface area contributed by atoms with Crippen molar-refractivity contribution in [1.82, 2.24) is 9.88 Å². The van der Waals surface area contributed by atoms with Crippen molar-refractivity contribution in [3.05, 3.63) is 64.2 Å². The molecule has 5 rings (SSSR count). The number of halogens is 3. The maximum Gasteiger partial charge on any atom is 0.573 e. The number of amides is 1. The minimum atomic E-state index is -4.74. The maximum absolute atomic E-state index is 13.3. The van der Waals surface area contributed by atoms with Crippen LogP contribution in [0.15, 0.2) is 36.4 Å². The van der Waals surface area contributed by atoms with E-state index in [1.807, 2.05) is 6.07 Å². The maximum atomic E-state index is 13.3. The third-order valence-electron chi connectivity index (χ3n) is 6.16. The van der Waals surface area contributed by atoms with Crippen molar-refractivity contribution in [2.75, 3.05) is 12.8 Å². The van der Waals surface area contributed by atoms with Crippen LogP contribution < -0.4 is 10.5 Å². The highest BCUT2D eigenvalue weighted by Gasteiger charge is 2.33. The van der Waals surface area contributed by atoms with Gasteiger partial charge < -0.3 is 20.1 Å². The molecule has 0 bridgehead atoms. The van der Waals surface area contributed by atoms with Crippen LogP contribution in [0.1, 0.15) is 45.1 Å². The van der Waals surface area contributed by atoms with Crippen LogP contribution in [0.3, 0.4) is 0 Å². The number of benzene rings is 2. The molecule has 1 atom stereocenters. The Morgan fingerprint density at radius 2 is 1.97 bits per heavy atom. The second kappa shape index (κ2) is 7.37. The quantitative estimate of drug-likeness (QED) is 0.645. The van der Waals surface area contributed by atoms with Crippen molar-refractivity contribution in [1.29, 1.82) is 0 Å². The van der Waals surface area contributed by atoms with Gasteiger partial charge in [-0.2, -0.15) is 0 Å². The predicted molar refractivity (Wildman–Crippen MR) is 111 cm³/mol. The van der Waals surface area contributed by atoms with Crippen LogP contribution in [0, 0.1) is 0 Å². The molecule has 1 aliphatic carbocycles. The first-order valence-electron chi connectivity index (χ1n) is 10.2. The van der Waals surface area contributed by atoms with Crippen molar-refractivity contribution in [2.45, 2.75) is 38.5 Å². The lowest BCUT2D eigenvalue weighted by Gasteiger charge is -2.26. The number of nitrogens with two attached hydrogens (primary N) is 1. The standard InChI is InChI=1S/C23H20F3N3O3/c1-29(20-7-3-12-8-14(4-5-15(12)20)32-23(24,25)26)22(30)13-2-6-19-16(9-13)17-10-31-11-18(17)21(27)28-19/h2,4-6,8-9,20H,3,7,10-11H2,1H3,(H2,27,28)/t20-/m1/s1. The minimum Gasteiger partial charge on any atom is -0.406 e. The number of ether oxygens (including phenoxy) is 2. The van der Waals surface area contributed by atoms with Crippen LogP contribution >= 0.6 is 0 Å². The van der Waals surface area contributed by atoms with Crippen molar-refractivity contribution < 1.29 is 27.4 Å². The summed E-state index contributed by atoms with van der Waals surface area (Å²) in [5.74, 6) is 0.0192. The minimum absolute atomic E-state index is 0.176. The van der Waals surface area contributed by atoms with Gasteiger partial charge in [-0.25, -0.2) is 4.98 Å². The van der Waals surface area contributed by atoms with Gasteiger partial charge in [0.1, 0.15) is 11.6 Å². The number of nitrogen functional groups attached to an aromatic ring is 1. The smallest absolute Gasteiger partial charge is 0.406 e. The summed E-state index contributed by atoms with van der Waals surface area (Å²) in [5, 5.41) is 0.840. The Kier molecular flexibility index (Phi) is 4.74. The van der Waals surface area contributed by atoms with Crippen LogP contribution in [-0.4, -0.2) is 29.2 Å². The van der Waals surface area contributed by atoms with E-state index < -0.39 is 6.36 Å². The summed E-state index contributed by atoms with van der Waals surface area (Å²) in [6.45, 7) is 0.825. The fourth-order valence-electron chi connectivity index (χ4n) is 4.62. The Labute approximate surface area is 181 Å². The van der Waals surface area contributed by atoms with Gasteiger partial charge >= 0.3 is 6.36 Å². The molecule has 3 aromatic rings. The zero-order chi connectivity index (χ0) is 22.6. The van der Waals surface area contributed by atoms with Gasteiger partial charge in [0.15, 0.2) is 0 Å². The van der Waals surface area contributed by atoms with Crippen LogP contribution in [0.5, 0.6) is 5.75 Å². The number of nitrogens with zero attached hydrogens (tertiary/aromatic N) is 2. The number of hydrogen-bond acceptors (Lipinski definition) is 5. The first-order valence-corrected chi connectivity index (χ1v) is 10.2. The average molecular weight is 443 g/mol. The number of carbonyl (C=O) groups is 1. The van der Waals surface area contributed by atoms with E-state index in [1.54, 1.807) is 30.1 Å². The third-order valence-corrected chi connectivity index (χ3v) is 6.16. The molecule has 0 saturated carbocycles. The summed E-state index contributed by atoms with van der Waals surface area (Å²) >= 11 is 0. The van der Waals surface area contributed by atoms with Gasteiger partial charge in [-0.3, -0.25) is 4.79 Å². The molecule has 0 unspecified atom stereocenters. The number of anilines is 1. The summed E-state index contributed by atoms with van der Waals surface area (Å²) in [5.41, 5.74) is 10.6. The molecular formula is C23H20F3N3O3. The van der Waals surface area contributed by atoms with E-state index in [0.29, 0.717) is 43.0 Å². The summed E-state index contributed by atoms with van der Waals surface area (Å²) in [6.07, 6.45) is -3.54. The average Bonchev–Trinajstić information content (AvgIpc) is 3.39. The van der Waals surface area contributed by atoms with Crippen LogP contribution in [0.25, 0.3) is 10.9 Å². The number of carbonyl (C=O) groups excluding carboxylic acids is 1. The van der Waals surface area contributed by atoms with E-state index in [-0.39, 0.29) is 17.7 Å². The van der Waals surface area contributed by atoms with Crippen molar-refractivity contribution in [2.24, 2.45) is 0 Å². The summed E-state index contributed by atoms with van der Waals surface area (Å²) in [7, 11) is 1.71. The molecule has 32 heavy (non-hydrogen) atoms. The van der Waals surface area contributed by atoms with E-state index in [0.717, 1.165) is 27.6 Å². The molecule has 2 N–H and O–H groups in total. The molecule has 1 aromatic heterocycles. The van der Waals surface area contributed by atoms with Gasteiger partial charge in [-0.05, 0) is 59.9 Å². The number of aromatic nitrogens is 1. The fraction of sp³-hybridized carbons (Fsp3) is 0.304. The third kappa shape index (κ3) is 3.52. The largest absolute Gasteiger partial charge is 0.573 e. The number of pyridine rings is 1. The molecule has 0 radical (unpaired) electrons. The normalized spacial score (nSPS) is 17.3. The van der Waals surface area contributed by atoms with E-state index in [2.05, 4.69) is 9.72 Å². The van der Waals surface area contributed by atoms with Crippen molar-refractivity contribution >= 4 is 22.6 Å². The van der Waals surface area contributed by atoms with Crippen molar-refractivity contribution in [3.63, 3.8) is 0 Å². The SMILES string of the molecule is CN(C(=O)c1ccc2nc(N)c3c(c2c1)COC3)[C@@H]1CCc2cc(OC(F)(F)F)ccc21. The number of aryl methyl sites for hydroxylation is 1. The monoisotopic (exact) mass is 443 g/mol. The number of rotatable bonds is 3. The summed E-state index contributed by atoms with van der Waals surface area (Å²) < 4.78 is 47.1. The lowest BCUT2D eigenvalue weighted by atomic mass is 10.0. The molecule has 0 fully saturated rings. The van der Waals surface area contributed by atoms with Gasteiger partial charge in [-0.1, -0.05) is 6.07 Å². The topological polar surface area (TPSA) is 77.7 Å². The highest BCUT2D eigenvalue weighted by atomic mass is 19.4.